The number of piperazine rings is 1. The van der Waals surface area contributed by atoms with Crippen molar-refractivity contribution in [1.29, 1.82) is 0 Å². The predicted octanol–water partition coefficient (Wildman–Crippen LogP) is 2.77. The number of benzene rings is 1. The molecule has 2 rings (SSSR count). The van der Waals surface area contributed by atoms with E-state index >= 15 is 0 Å². The lowest BCUT2D eigenvalue weighted by Gasteiger charge is -2.42. The maximum absolute atomic E-state index is 13.7. The van der Waals surface area contributed by atoms with E-state index in [-0.39, 0.29) is 17.9 Å². The highest BCUT2D eigenvalue weighted by Gasteiger charge is 2.31. The van der Waals surface area contributed by atoms with Crippen LogP contribution >= 0.6 is 11.6 Å². The second-order valence-corrected chi connectivity index (χ2v) is 6.32. The molecule has 1 heterocycles. The lowest BCUT2D eigenvalue weighted by Crippen LogP contribution is -2.55. The van der Waals surface area contributed by atoms with Gasteiger partial charge < -0.3 is 10.2 Å². The van der Waals surface area contributed by atoms with Gasteiger partial charge in [-0.2, -0.15) is 0 Å². The van der Waals surface area contributed by atoms with Crippen LogP contribution in [0.3, 0.4) is 0 Å². The molecule has 2 unspecified atom stereocenters. The quantitative estimate of drug-likeness (QED) is 0.902. The van der Waals surface area contributed by atoms with Gasteiger partial charge in [-0.25, -0.2) is 4.39 Å². The summed E-state index contributed by atoms with van der Waals surface area (Å²) in [7, 11) is 4.26. The second-order valence-electron chi connectivity index (χ2n) is 5.91. The first-order valence-electron chi connectivity index (χ1n) is 7.60. The molecule has 0 aliphatic carbocycles. The van der Waals surface area contributed by atoms with Gasteiger partial charge in [-0.15, -0.1) is 0 Å². The van der Waals surface area contributed by atoms with E-state index in [2.05, 4.69) is 36.1 Å². The SMILES string of the molecule is CCCNC(c1cc(F)ccc1Cl)C1CN(C)CCN1C. The van der Waals surface area contributed by atoms with Crippen molar-refractivity contribution < 1.29 is 4.39 Å². The standard InChI is InChI=1S/C16H25ClFN3/c1-4-7-19-16(13-10-12(18)5-6-14(13)17)15-11-20(2)8-9-21(15)3/h5-6,10,15-16,19H,4,7-9,11H2,1-3H3. The normalized spacial score (nSPS) is 22.4. The third-order valence-electron chi connectivity index (χ3n) is 4.19. The smallest absolute Gasteiger partial charge is 0.123 e. The Kier molecular flexibility index (Phi) is 5.99. The summed E-state index contributed by atoms with van der Waals surface area (Å²) in [5, 5.41) is 4.19. The molecule has 1 aromatic rings. The van der Waals surface area contributed by atoms with Crippen molar-refractivity contribution in [2.24, 2.45) is 0 Å². The Morgan fingerprint density at radius 3 is 2.86 bits per heavy atom. The highest BCUT2D eigenvalue weighted by Crippen LogP contribution is 2.29. The molecule has 0 spiro atoms. The Hall–Kier alpha value is -0.680. The van der Waals surface area contributed by atoms with Crippen LogP contribution in [0.5, 0.6) is 0 Å². The van der Waals surface area contributed by atoms with E-state index in [1.54, 1.807) is 12.1 Å². The van der Waals surface area contributed by atoms with Crippen LogP contribution in [0.25, 0.3) is 0 Å². The van der Waals surface area contributed by atoms with E-state index in [0.717, 1.165) is 38.2 Å². The van der Waals surface area contributed by atoms with Crippen LogP contribution in [0.15, 0.2) is 18.2 Å². The number of rotatable bonds is 5. The van der Waals surface area contributed by atoms with Crippen molar-refractivity contribution in [2.75, 3.05) is 40.3 Å². The predicted molar refractivity (Wildman–Crippen MR) is 86.4 cm³/mol. The molecule has 5 heteroatoms. The molecular formula is C16H25ClFN3. The topological polar surface area (TPSA) is 18.5 Å². The average molecular weight is 314 g/mol. The molecule has 0 bridgehead atoms. The average Bonchev–Trinajstić information content (AvgIpc) is 2.46. The summed E-state index contributed by atoms with van der Waals surface area (Å²) in [5.41, 5.74) is 0.859. The van der Waals surface area contributed by atoms with Gasteiger partial charge >= 0.3 is 0 Å². The van der Waals surface area contributed by atoms with Gasteiger partial charge in [0.15, 0.2) is 0 Å². The van der Waals surface area contributed by atoms with Crippen molar-refractivity contribution >= 4 is 11.6 Å². The van der Waals surface area contributed by atoms with Crippen LogP contribution in [0, 0.1) is 5.82 Å². The fraction of sp³-hybridized carbons (Fsp3) is 0.625. The molecule has 118 valence electrons. The Balaban J connectivity index is 2.30. The van der Waals surface area contributed by atoms with Gasteiger partial charge in [0, 0.05) is 30.7 Å². The van der Waals surface area contributed by atoms with Crippen LogP contribution in [0.2, 0.25) is 5.02 Å². The fourth-order valence-electron chi connectivity index (χ4n) is 2.91. The summed E-state index contributed by atoms with van der Waals surface area (Å²) in [4.78, 5) is 4.66. The van der Waals surface area contributed by atoms with Gasteiger partial charge in [-0.1, -0.05) is 18.5 Å². The van der Waals surface area contributed by atoms with Gasteiger partial charge in [0.2, 0.25) is 0 Å². The van der Waals surface area contributed by atoms with Gasteiger partial charge in [0.05, 0.1) is 6.04 Å². The summed E-state index contributed by atoms with van der Waals surface area (Å²) in [5.74, 6) is -0.232. The summed E-state index contributed by atoms with van der Waals surface area (Å²) < 4.78 is 13.7. The number of likely N-dealkylation sites (N-methyl/N-ethyl adjacent to an activating group) is 2. The number of hydrogen-bond acceptors (Lipinski definition) is 3. The molecule has 1 saturated heterocycles. The van der Waals surface area contributed by atoms with Crippen molar-refractivity contribution in [2.45, 2.75) is 25.4 Å². The molecule has 1 fully saturated rings. The maximum atomic E-state index is 13.7. The minimum absolute atomic E-state index is 0.0425. The third-order valence-corrected chi connectivity index (χ3v) is 4.54. The zero-order valence-electron chi connectivity index (χ0n) is 13.1. The number of nitrogens with one attached hydrogen (secondary N) is 1. The second kappa shape index (κ2) is 7.54. The fourth-order valence-corrected chi connectivity index (χ4v) is 3.15. The minimum Gasteiger partial charge on any atom is -0.309 e. The maximum Gasteiger partial charge on any atom is 0.123 e. The highest BCUT2D eigenvalue weighted by molar-refractivity contribution is 6.31. The molecule has 1 aliphatic rings. The Labute approximate surface area is 132 Å². The monoisotopic (exact) mass is 313 g/mol. The Bertz CT molecular complexity index is 469. The zero-order valence-corrected chi connectivity index (χ0v) is 13.8. The molecule has 1 aliphatic heterocycles. The Morgan fingerprint density at radius 2 is 2.14 bits per heavy atom. The first-order valence-corrected chi connectivity index (χ1v) is 7.97. The summed E-state index contributed by atoms with van der Waals surface area (Å²) in [6, 6.07) is 4.96. The molecule has 1 aromatic carbocycles. The Morgan fingerprint density at radius 1 is 1.38 bits per heavy atom. The van der Waals surface area contributed by atoms with E-state index in [0.29, 0.717) is 5.02 Å². The van der Waals surface area contributed by atoms with Crippen molar-refractivity contribution in [1.82, 2.24) is 15.1 Å². The first kappa shape index (κ1) is 16.7. The van der Waals surface area contributed by atoms with E-state index in [9.17, 15) is 4.39 Å². The summed E-state index contributed by atoms with van der Waals surface area (Å²) >= 11 is 6.33. The van der Waals surface area contributed by atoms with Crippen molar-refractivity contribution in [3.05, 3.63) is 34.6 Å². The molecule has 2 atom stereocenters. The van der Waals surface area contributed by atoms with Crippen molar-refractivity contribution in [3.63, 3.8) is 0 Å². The molecule has 0 aromatic heterocycles. The van der Waals surface area contributed by atoms with E-state index in [4.69, 9.17) is 11.6 Å². The lowest BCUT2D eigenvalue weighted by atomic mass is 9.95. The third kappa shape index (κ3) is 4.16. The van der Waals surface area contributed by atoms with E-state index < -0.39 is 0 Å². The van der Waals surface area contributed by atoms with Crippen LogP contribution in [-0.2, 0) is 0 Å². The number of nitrogens with zero attached hydrogens (tertiary/aromatic N) is 2. The molecule has 3 nitrogen and oxygen atoms in total. The number of halogens is 2. The van der Waals surface area contributed by atoms with Crippen LogP contribution in [0.4, 0.5) is 4.39 Å². The molecule has 0 radical (unpaired) electrons. The van der Waals surface area contributed by atoms with E-state index in [1.165, 1.54) is 6.07 Å². The largest absolute Gasteiger partial charge is 0.309 e. The molecule has 21 heavy (non-hydrogen) atoms. The van der Waals surface area contributed by atoms with Gasteiger partial charge in [-0.3, -0.25) is 4.90 Å². The summed E-state index contributed by atoms with van der Waals surface area (Å²) in [6.45, 7) is 6.05. The molecule has 1 N–H and O–H groups in total. The first-order chi connectivity index (χ1) is 10.0. The van der Waals surface area contributed by atoms with Crippen LogP contribution in [0.1, 0.15) is 24.9 Å². The minimum atomic E-state index is -0.232. The molecular weight excluding hydrogens is 289 g/mol. The van der Waals surface area contributed by atoms with Crippen LogP contribution in [-0.4, -0.2) is 56.1 Å². The number of hydrogen-bond donors (Lipinski definition) is 1. The van der Waals surface area contributed by atoms with E-state index in [1.807, 2.05) is 0 Å². The van der Waals surface area contributed by atoms with Gasteiger partial charge in [0.1, 0.15) is 5.82 Å². The lowest BCUT2D eigenvalue weighted by molar-refractivity contribution is 0.0875. The van der Waals surface area contributed by atoms with Crippen molar-refractivity contribution in [3.8, 4) is 0 Å². The van der Waals surface area contributed by atoms with Crippen LogP contribution < -0.4 is 5.32 Å². The van der Waals surface area contributed by atoms with Gasteiger partial charge in [-0.05, 0) is 50.8 Å². The zero-order chi connectivity index (χ0) is 15.4. The van der Waals surface area contributed by atoms with Gasteiger partial charge in [0.25, 0.3) is 0 Å². The summed E-state index contributed by atoms with van der Waals surface area (Å²) in [6.07, 6.45) is 1.04. The molecule has 0 amide bonds. The highest BCUT2D eigenvalue weighted by atomic mass is 35.5. The molecule has 0 saturated carbocycles.